The Hall–Kier alpha value is -2.10. The van der Waals surface area contributed by atoms with Crippen molar-refractivity contribution in [2.24, 2.45) is 0 Å². The molecule has 0 aliphatic carbocycles. The molecule has 2 N–H and O–H groups in total. The molecule has 132 valence electrons. The summed E-state index contributed by atoms with van der Waals surface area (Å²) in [4.78, 5) is 0. The fourth-order valence-corrected chi connectivity index (χ4v) is 3.45. The zero-order valence-corrected chi connectivity index (χ0v) is 15.6. The van der Waals surface area contributed by atoms with E-state index in [-0.39, 0.29) is 6.04 Å². The monoisotopic (exact) mass is 336 g/mol. The number of nitrogens with one attached hydrogen (secondary N) is 1. The topological polar surface area (TPSA) is 37.2 Å². The predicted octanol–water partition coefficient (Wildman–Crippen LogP) is 4.28. The molecule has 3 rings (SSSR count). The van der Waals surface area contributed by atoms with Crippen LogP contribution in [0.5, 0.6) is 0 Å². The average Bonchev–Trinajstić information content (AvgIpc) is 2.85. The number of hydrogen-bond donors (Lipinski definition) is 2. The Balaban J connectivity index is 1.70. The van der Waals surface area contributed by atoms with Gasteiger partial charge in [0, 0.05) is 29.2 Å². The minimum absolute atomic E-state index is 0.225. The van der Waals surface area contributed by atoms with Gasteiger partial charge in [0.05, 0.1) is 12.6 Å². The lowest BCUT2D eigenvalue weighted by Gasteiger charge is -2.19. The summed E-state index contributed by atoms with van der Waals surface area (Å²) in [6.07, 6.45) is -0.429. The lowest BCUT2D eigenvalue weighted by molar-refractivity contribution is 0.149. The number of nitrogens with zero attached hydrogens (tertiary/aromatic N) is 1. The summed E-state index contributed by atoms with van der Waals surface area (Å²) in [5.74, 6) is 0. The quantitative estimate of drug-likeness (QED) is 0.705. The Bertz CT molecular complexity index is 851. The van der Waals surface area contributed by atoms with E-state index < -0.39 is 6.10 Å². The van der Waals surface area contributed by atoms with Crippen LogP contribution in [0.2, 0.25) is 0 Å². The van der Waals surface area contributed by atoms with Gasteiger partial charge in [-0.3, -0.25) is 0 Å². The molecule has 0 unspecified atom stereocenters. The molecule has 1 aromatic heterocycles. The van der Waals surface area contributed by atoms with Crippen molar-refractivity contribution in [1.82, 2.24) is 9.88 Å². The van der Waals surface area contributed by atoms with Gasteiger partial charge in [-0.2, -0.15) is 0 Å². The molecule has 2 aromatic carbocycles. The van der Waals surface area contributed by atoms with Crippen molar-refractivity contribution in [3.05, 3.63) is 70.9 Å². The van der Waals surface area contributed by atoms with Crippen LogP contribution in [-0.2, 0) is 6.54 Å². The molecule has 1 heterocycles. The summed E-state index contributed by atoms with van der Waals surface area (Å²) >= 11 is 0. The third-order valence-corrected chi connectivity index (χ3v) is 5.15. The van der Waals surface area contributed by atoms with Crippen LogP contribution < -0.4 is 5.32 Å². The highest BCUT2D eigenvalue weighted by Crippen LogP contribution is 2.26. The van der Waals surface area contributed by atoms with Gasteiger partial charge >= 0.3 is 0 Å². The van der Waals surface area contributed by atoms with Gasteiger partial charge < -0.3 is 15.0 Å². The molecule has 0 aliphatic heterocycles. The van der Waals surface area contributed by atoms with E-state index in [2.05, 4.69) is 67.9 Å². The normalized spacial score (nSPS) is 14.0. The lowest BCUT2D eigenvalue weighted by atomic mass is 10.1. The number of fused-ring (bicyclic) bond motifs is 1. The lowest BCUT2D eigenvalue weighted by Crippen LogP contribution is -2.32. The molecule has 3 aromatic rings. The Kier molecular flexibility index (Phi) is 5.26. The molecule has 0 saturated heterocycles. The summed E-state index contributed by atoms with van der Waals surface area (Å²) in [6, 6.07) is 17.1. The Morgan fingerprint density at radius 1 is 1.04 bits per heavy atom. The van der Waals surface area contributed by atoms with Crippen molar-refractivity contribution >= 4 is 10.9 Å². The average molecular weight is 336 g/mol. The van der Waals surface area contributed by atoms with Crippen molar-refractivity contribution < 1.29 is 5.11 Å². The van der Waals surface area contributed by atoms with E-state index in [1.807, 2.05) is 18.2 Å². The van der Waals surface area contributed by atoms with Crippen LogP contribution in [0.25, 0.3) is 10.9 Å². The number of hydrogen-bond acceptors (Lipinski definition) is 2. The van der Waals surface area contributed by atoms with E-state index in [0.717, 1.165) is 0 Å². The SMILES string of the molecule is Cc1ccc2c(c1)c(C)c(C)n2C[C@@H](O)CN[C@@H](C)c1ccccc1. The largest absolute Gasteiger partial charge is 0.390 e. The molecular formula is C22H28N2O. The van der Waals surface area contributed by atoms with Crippen molar-refractivity contribution in [1.29, 1.82) is 0 Å². The molecule has 0 saturated carbocycles. The molecule has 3 heteroatoms. The maximum absolute atomic E-state index is 10.6. The molecule has 25 heavy (non-hydrogen) atoms. The Morgan fingerprint density at radius 2 is 1.76 bits per heavy atom. The maximum Gasteiger partial charge on any atom is 0.0843 e. The number of aryl methyl sites for hydroxylation is 2. The van der Waals surface area contributed by atoms with Crippen molar-refractivity contribution in [2.75, 3.05) is 6.54 Å². The summed E-state index contributed by atoms with van der Waals surface area (Å²) in [6.45, 7) is 9.72. The number of rotatable bonds is 6. The summed E-state index contributed by atoms with van der Waals surface area (Å²) in [7, 11) is 0. The highest BCUT2D eigenvalue weighted by molar-refractivity contribution is 5.85. The molecule has 0 fully saturated rings. The van der Waals surface area contributed by atoms with Gasteiger partial charge in [-0.15, -0.1) is 0 Å². The Labute approximate surface area is 150 Å². The molecule has 0 radical (unpaired) electrons. The zero-order chi connectivity index (χ0) is 18.0. The van der Waals surface area contributed by atoms with Gasteiger partial charge in [0.15, 0.2) is 0 Å². The van der Waals surface area contributed by atoms with Crippen LogP contribution in [0.3, 0.4) is 0 Å². The predicted molar refractivity (Wildman–Crippen MR) is 105 cm³/mol. The first-order valence-electron chi connectivity index (χ1n) is 9.00. The fraction of sp³-hybridized carbons (Fsp3) is 0.364. The Morgan fingerprint density at radius 3 is 2.48 bits per heavy atom. The number of aromatic nitrogens is 1. The number of aliphatic hydroxyl groups excluding tert-OH is 1. The smallest absolute Gasteiger partial charge is 0.0843 e. The first kappa shape index (κ1) is 17.7. The highest BCUT2D eigenvalue weighted by Gasteiger charge is 2.15. The third kappa shape index (κ3) is 3.78. The van der Waals surface area contributed by atoms with Gasteiger partial charge in [-0.25, -0.2) is 0 Å². The standard InChI is InChI=1S/C22H28N2O/c1-15-10-11-22-21(12-15)16(2)18(4)24(22)14-20(25)13-23-17(3)19-8-6-5-7-9-19/h5-12,17,20,23,25H,13-14H2,1-4H3/t17-,20-/m0/s1. The molecule has 0 aliphatic rings. The van der Waals surface area contributed by atoms with Crippen LogP contribution >= 0.6 is 0 Å². The van der Waals surface area contributed by atoms with Crippen molar-refractivity contribution in [3.63, 3.8) is 0 Å². The zero-order valence-electron chi connectivity index (χ0n) is 15.6. The van der Waals surface area contributed by atoms with E-state index in [1.165, 1.54) is 33.3 Å². The molecule has 0 spiro atoms. The van der Waals surface area contributed by atoms with Gasteiger partial charge in [-0.1, -0.05) is 42.0 Å². The van der Waals surface area contributed by atoms with Crippen LogP contribution in [0.15, 0.2) is 48.5 Å². The van der Waals surface area contributed by atoms with E-state index in [0.29, 0.717) is 13.1 Å². The van der Waals surface area contributed by atoms with E-state index in [9.17, 15) is 5.11 Å². The molecule has 0 bridgehead atoms. The first-order valence-corrected chi connectivity index (χ1v) is 9.00. The third-order valence-electron chi connectivity index (χ3n) is 5.15. The fourth-order valence-electron chi connectivity index (χ4n) is 3.45. The van der Waals surface area contributed by atoms with Crippen LogP contribution in [0, 0.1) is 20.8 Å². The van der Waals surface area contributed by atoms with Crippen molar-refractivity contribution in [3.8, 4) is 0 Å². The minimum Gasteiger partial charge on any atom is -0.390 e. The molecule has 0 amide bonds. The molecule has 2 atom stereocenters. The van der Waals surface area contributed by atoms with E-state index >= 15 is 0 Å². The summed E-state index contributed by atoms with van der Waals surface area (Å²) < 4.78 is 2.24. The van der Waals surface area contributed by atoms with Gasteiger partial charge in [-0.05, 0) is 51.0 Å². The van der Waals surface area contributed by atoms with Gasteiger partial charge in [0.2, 0.25) is 0 Å². The van der Waals surface area contributed by atoms with Crippen LogP contribution in [0.1, 0.15) is 35.3 Å². The molecular weight excluding hydrogens is 308 g/mol. The maximum atomic E-state index is 10.6. The van der Waals surface area contributed by atoms with Gasteiger partial charge in [0.1, 0.15) is 0 Å². The van der Waals surface area contributed by atoms with Crippen molar-refractivity contribution in [2.45, 2.75) is 46.4 Å². The van der Waals surface area contributed by atoms with Crippen LogP contribution in [-0.4, -0.2) is 22.3 Å². The van der Waals surface area contributed by atoms with Crippen LogP contribution in [0.4, 0.5) is 0 Å². The second-order valence-corrected chi connectivity index (χ2v) is 7.04. The summed E-state index contributed by atoms with van der Waals surface area (Å²) in [5, 5.41) is 15.3. The number of benzene rings is 2. The highest BCUT2D eigenvalue weighted by atomic mass is 16.3. The second-order valence-electron chi connectivity index (χ2n) is 7.04. The first-order chi connectivity index (χ1) is 12.0. The minimum atomic E-state index is -0.429. The van der Waals surface area contributed by atoms with Gasteiger partial charge in [0.25, 0.3) is 0 Å². The van der Waals surface area contributed by atoms with E-state index in [1.54, 1.807) is 0 Å². The second kappa shape index (κ2) is 7.42. The summed E-state index contributed by atoms with van der Waals surface area (Å²) in [5.41, 5.74) is 6.25. The van der Waals surface area contributed by atoms with E-state index in [4.69, 9.17) is 0 Å². The molecule has 3 nitrogen and oxygen atoms in total. The number of aliphatic hydroxyl groups is 1.